The van der Waals surface area contributed by atoms with Crippen molar-refractivity contribution in [2.45, 2.75) is 0 Å². The van der Waals surface area contributed by atoms with Crippen molar-refractivity contribution in [1.29, 1.82) is 0 Å². The summed E-state index contributed by atoms with van der Waals surface area (Å²) >= 11 is 0. The van der Waals surface area contributed by atoms with Crippen molar-refractivity contribution in [3.05, 3.63) is 193 Å². The molecule has 0 N–H and O–H groups in total. The number of hydrogen-bond acceptors (Lipinski definition) is 3. The third-order valence-electron chi connectivity index (χ3n) is 9.15. The molecule has 0 spiro atoms. The molecule has 0 aliphatic heterocycles. The first-order valence-corrected chi connectivity index (χ1v) is 16.6. The van der Waals surface area contributed by atoms with Gasteiger partial charge in [-0.25, -0.2) is 4.98 Å². The van der Waals surface area contributed by atoms with Crippen molar-refractivity contribution in [1.82, 2.24) is 28.7 Å². The van der Waals surface area contributed by atoms with Crippen LogP contribution in [-0.2, 0) is 0 Å². The number of aromatic nitrogens is 6. The van der Waals surface area contributed by atoms with Gasteiger partial charge in [0.2, 0.25) is 5.95 Å². The minimum Gasteiger partial charge on any atom is -0.309 e. The Morgan fingerprint density at radius 3 is 1.21 bits per heavy atom. The topological polar surface area (TPSA) is 53.5 Å². The van der Waals surface area contributed by atoms with Gasteiger partial charge >= 0.3 is 0 Å². The Bertz CT molecular complexity index is 5120. The van der Waals surface area contributed by atoms with E-state index in [1.54, 1.807) is 0 Å². The first kappa shape index (κ1) is 13.4. The molecule has 0 aliphatic rings. The summed E-state index contributed by atoms with van der Waals surface area (Å²) in [5.74, 6) is -3.05. The Morgan fingerprint density at radius 1 is 0.316 bits per heavy atom. The predicted molar refractivity (Wildman–Crippen MR) is 234 cm³/mol. The summed E-state index contributed by atoms with van der Waals surface area (Å²) in [5, 5.41) is -4.01. The first-order chi connectivity index (χ1) is 41.6. The smallest absolute Gasteiger partial charge is 0.238 e. The quantitative estimate of drug-likeness (QED) is 0.176. The normalized spacial score (nSPS) is 19.7. The second kappa shape index (κ2) is 12.3. The standard InChI is InChI=1S/C51H32N6/c1-3-17-33(18-4-1)49-52-50(34-19-5-2-6-20-34)54-51(53-49)57-45-31-16-30-44(55-40-26-11-7-21-35(40)36-22-8-12-27-41(36)55)47(45)39-25-15-32-46(48(39)57)56-42-28-13-9-23-37(42)38-24-10-14-29-43(38)56/h1-32H/i1D,2D,3D,4D,5D,6D,7D,8D,9D,10D,11D,12D,13D,14D,15D,16D,17D,18D,19D,20D,21D,22D,23D,24D,25D,26D,27D,28D,29D,30D,31D,32D. The molecule has 0 amide bonds. The second-order valence-electron chi connectivity index (χ2n) is 12.1. The molecular formula is C51H32N6. The van der Waals surface area contributed by atoms with Crippen molar-refractivity contribution in [2.24, 2.45) is 0 Å². The molecule has 0 saturated heterocycles. The second-order valence-corrected chi connectivity index (χ2v) is 12.1. The highest BCUT2D eigenvalue weighted by Gasteiger charge is 2.25. The molecule has 57 heavy (non-hydrogen) atoms. The minimum atomic E-state index is -1.16. The number of benzene rings is 8. The van der Waals surface area contributed by atoms with Crippen molar-refractivity contribution in [3.63, 3.8) is 0 Å². The van der Waals surface area contributed by atoms with Crippen molar-refractivity contribution in [3.8, 4) is 40.1 Å². The van der Waals surface area contributed by atoms with Crippen molar-refractivity contribution in [2.75, 3.05) is 0 Å². The Hall–Kier alpha value is -7.83. The molecule has 12 rings (SSSR count). The molecule has 0 radical (unpaired) electrons. The van der Waals surface area contributed by atoms with Crippen LogP contribution < -0.4 is 0 Å². The van der Waals surface area contributed by atoms with Gasteiger partial charge in [-0.15, -0.1) is 0 Å². The van der Waals surface area contributed by atoms with Gasteiger partial charge in [0.25, 0.3) is 0 Å². The van der Waals surface area contributed by atoms with Crippen LogP contribution in [0.1, 0.15) is 43.9 Å². The number of nitrogens with zero attached hydrogens (tertiary/aromatic N) is 6. The van der Waals surface area contributed by atoms with Crippen molar-refractivity contribution >= 4 is 65.4 Å². The Labute approximate surface area is 372 Å². The van der Waals surface area contributed by atoms with Crippen LogP contribution in [0.25, 0.3) is 106 Å². The van der Waals surface area contributed by atoms with Crippen LogP contribution >= 0.6 is 0 Å². The van der Waals surface area contributed by atoms with Crippen LogP contribution in [0.5, 0.6) is 0 Å². The number of rotatable bonds is 5. The predicted octanol–water partition coefficient (Wildman–Crippen LogP) is 12.5. The lowest BCUT2D eigenvalue weighted by atomic mass is 10.1. The maximum absolute atomic E-state index is 9.97. The van der Waals surface area contributed by atoms with Gasteiger partial charge in [0.05, 0.1) is 88.3 Å². The van der Waals surface area contributed by atoms with E-state index in [-0.39, 0.29) is 0 Å². The fraction of sp³-hybridized carbons (Fsp3) is 0. The van der Waals surface area contributed by atoms with Crippen LogP contribution in [-0.4, -0.2) is 28.7 Å². The molecule has 6 nitrogen and oxygen atoms in total. The highest BCUT2D eigenvalue weighted by atomic mass is 15.2. The van der Waals surface area contributed by atoms with E-state index in [1.165, 1.54) is 0 Å². The zero-order valence-corrected chi connectivity index (χ0v) is 28.2. The highest BCUT2D eigenvalue weighted by Crippen LogP contribution is 2.43. The summed E-state index contributed by atoms with van der Waals surface area (Å²) in [4.78, 5) is 13.4. The van der Waals surface area contributed by atoms with Gasteiger partial charge < -0.3 is 9.13 Å². The fourth-order valence-corrected chi connectivity index (χ4v) is 6.92. The summed E-state index contributed by atoms with van der Waals surface area (Å²) in [5.41, 5.74) is -8.20. The molecule has 266 valence electrons. The van der Waals surface area contributed by atoms with E-state index in [0.717, 1.165) is 4.57 Å². The molecule has 0 fully saturated rings. The van der Waals surface area contributed by atoms with Gasteiger partial charge in [-0.05, 0) is 42.3 Å². The van der Waals surface area contributed by atoms with Crippen LogP contribution in [0.3, 0.4) is 0 Å². The lowest BCUT2D eigenvalue weighted by molar-refractivity contribution is 0.949. The molecule has 4 heterocycles. The Morgan fingerprint density at radius 2 is 0.702 bits per heavy atom. The molecule has 8 aromatic carbocycles. The molecular weight excluding hydrogens is 697 g/mol. The number of hydrogen-bond donors (Lipinski definition) is 0. The van der Waals surface area contributed by atoms with Crippen LogP contribution in [0, 0.1) is 0 Å². The van der Waals surface area contributed by atoms with Gasteiger partial charge in [-0.2, -0.15) is 9.97 Å². The van der Waals surface area contributed by atoms with Crippen LogP contribution in [0.2, 0.25) is 0 Å². The maximum Gasteiger partial charge on any atom is 0.238 e. The van der Waals surface area contributed by atoms with Gasteiger partial charge in [-0.1, -0.05) is 151 Å². The van der Waals surface area contributed by atoms with E-state index in [0.29, 0.717) is 9.13 Å². The molecule has 0 saturated carbocycles. The zero-order valence-electron chi connectivity index (χ0n) is 60.2. The summed E-state index contributed by atoms with van der Waals surface area (Å²) in [7, 11) is 0. The maximum atomic E-state index is 9.97. The monoisotopic (exact) mass is 760 g/mol. The zero-order chi connectivity index (χ0) is 65.3. The van der Waals surface area contributed by atoms with Crippen LogP contribution in [0.4, 0.5) is 0 Å². The number of para-hydroxylation sites is 5. The number of fused-ring (bicyclic) bond motifs is 9. The van der Waals surface area contributed by atoms with E-state index in [4.69, 9.17) is 24.7 Å². The lowest BCUT2D eigenvalue weighted by Gasteiger charge is -2.14. The third-order valence-corrected chi connectivity index (χ3v) is 9.15. The molecule has 0 aliphatic carbocycles. The van der Waals surface area contributed by atoms with Gasteiger partial charge in [-0.3, -0.25) is 4.57 Å². The van der Waals surface area contributed by atoms with Gasteiger partial charge in [0.1, 0.15) is 0 Å². The molecule has 12 aromatic rings. The third kappa shape index (κ3) is 4.68. The molecule has 0 bridgehead atoms. The molecule has 0 atom stereocenters. The van der Waals surface area contributed by atoms with E-state index in [1.807, 2.05) is 0 Å². The van der Waals surface area contributed by atoms with E-state index >= 15 is 0 Å². The van der Waals surface area contributed by atoms with Crippen LogP contribution in [0.15, 0.2) is 193 Å². The Kier molecular flexibility index (Phi) is 2.91. The average molecular weight is 761 g/mol. The largest absolute Gasteiger partial charge is 0.309 e. The summed E-state index contributed by atoms with van der Waals surface area (Å²) < 4.78 is 294. The average Bonchev–Trinajstić information content (AvgIpc) is 1.53. The minimum absolute atomic E-state index is 0.588. The lowest BCUT2D eigenvalue weighted by Crippen LogP contribution is -2.08. The van der Waals surface area contributed by atoms with E-state index < -0.39 is 299 Å². The van der Waals surface area contributed by atoms with E-state index in [9.17, 15) is 19.2 Å². The SMILES string of the molecule is [2H]c1c([2H])c([2H])c(-c2nc(-c3c([2H])c([2H])c([2H])c([2H])c3[2H])nc(-n3c4c([2H])c([2H])c([2H])c(-n5c6c([2H])c([2H])c([2H])c([2H])c6c6c([2H])c([2H])c([2H])c([2H])c65)c4c4c([2H])c([2H])c([2H])c(-n5c6c([2H])c([2H])c([2H])c([2H])c6c6c([2H])c([2H])c([2H])c([2H])c65)c43)n2)c([2H])c1[2H]. The summed E-state index contributed by atoms with van der Waals surface area (Å²) in [6.45, 7) is 0. The first-order valence-electron chi connectivity index (χ1n) is 32.6. The molecule has 6 heteroatoms. The van der Waals surface area contributed by atoms with Gasteiger partial charge in [0, 0.05) is 43.4 Å². The Balaban J connectivity index is 1.48. The van der Waals surface area contributed by atoms with Crippen molar-refractivity contribution < 1.29 is 43.9 Å². The summed E-state index contributed by atoms with van der Waals surface area (Å²) in [6.07, 6.45) is 0. The molecule has 0 unspecified atom stereocenters. The highest BCUT2D eigenvalue weighted by molar-refractivity contribution is 6.19. The fourth-order valence-electron chi connectivity index (χ4n) is 6.92. The van der Waals surface area contributed by atoms with E-state index in [2.05, 4.69) is 15.0 Å². The molecule has 4 aromatic heterocycles. The van der Waals surface area contributed by atoms with Gasteiger partial charge in [0.15, 0.2) is 11.6 Å². The summed E-state index contributed by atoms with van der Waals surface area (Å²) in [6, 6.07) is -31.8.